The molecule has 0 radical (unpaired) electrons. The standard InChI is InChI=1S/C10H11NO2/c1-2-6-3-4-7-8(5-6)10(13)11-9(7)12/h3-5,9,12H,2H2,1H3,(H,11,13). The molecule has 3 nitrogen and oxygen atoms in total. The van der Waals surface area contributed by atoms with Gasteiger partial charge in [-0.05, 0) is 18.1 Å². The number of benzene rings is 1. The second kappa shape index (κ2) is 2.85. The third-order valence-corrected chi connectivity index (χ3v) is 2.33. The summed E-state index contributed by atoms with van der Waals surface area (Å²) >= 11 is 0. The average Bonchev–Trinajstić information content (AvgIpc) is 2.42. The van der Waals surface area contributed by atoms with Gasteiger partial charge in [-0.3, -0.25) is 4.79 Å². The van der Waals surface area contributed by atoms with Gasteiger partial charge in [-0.2, -0.15) is 0 Å². The lowest BCUT2D eigenvalue weighted by molar-refractivity contribution is 0.0850. The van der Waals surface area contributed by atoms with Gasteiger partial charge in [0.05, 0.1) is 0 Å². The molecule has 1 amide bonds. The van der Waals surface area contributed by atoms with E-state index in [1.54, 1.807) is 6.07 Å². The van der Waals surface area contributed by atoms with Crippen LogP contribution in [-0.4, -0.2) is 11.0 Å². The topological polar surface area (TPSA) is 49.3 Å². The van der Waals surface area contributed by atoms with Gasteiger partial charge >= 0.3 is 0 Å². The van der Waals surface area contributed by atoms with Crippen molar-refractivity contribution in [2.45, 2.75) is 19.6 Å². The van der Waals surface area contributed by atoms with Crippen LogP contribution in [0, 0.1) is 0 Å². The van der Waals surface area contributed by atoms with Crippen molar-refractivity contribution in [3.63, 3.8) is 0 Å². The molecule has 0 saturated heterocycles. The summed E-state index contributed by atoms with van der Waals surface area (Å²) in [5.41, 5.74) is 2.40. The van der Waals surface area contributed by atoms with Crippen LogP contribution in [0.2, 0.25) is 0 Å². The lowest BCUT2D eigenvalue weighted by atomic mass is 10.0. The van der Waals surface area contributed by atoms with E-state index >= 15 is 0 Å². The summed E-state index contributed by atoms with van der Waals surface area (Å²) in [6, 6.07) is 5.57. The molecule has 1 aromatic rings. The Morgan fingerprint density at radius 2 is 2.31 bits per heavy atom. The van der Waals surface area contributed by atoms with Crippen LogP contribution in [0.15, 0.2) is 18.2 Å². The first kappa shape index (κ1) is 8.26. The summed E-state index contributed by atoms with van der Waals surface area (Å²) in [5, 5.41) is 11.8. The molecule has 1 aliphatic heterocycles. The Labute approximate surface area is 76.4 Å². The van der Waals surface area contributed by atoms with E-state index in [2.05, 4.69) is 5.32 Å². The van der Waals surface area contributed by atoms with E-state index in [-0.39, 0.29) is 5.91 Å². The Bertz CT molecular complexity index is 360. The summed E-state index contributed by atoms with van der Waals surface area (Å²) in [4.78, 5) is 11.3. The van der Waals surface area contributed by atoms with Gasteiger partial charge in [-0.15, -0.1) is 0 Å². The summed E-state index contributed by atoms with van der Waals surface area (Å²) in [7, 11) is 0. The molecule has 68 valence electrons. The average molecular weight is 177 g/mol. The molecule has 1 aliphatic rings. The fraction of sp³-hybridized carbons (Fsp3) is 0.300. The number of aryl methyl sites for hydroxylation is 1. The van der Waals surface area contributed by atoms with Crippen LogP contribution in [0.4, 0.5) is 0 Å². The molecule has 0 spiro atoms. The van der Waals surface area contributed by atoms with Gasteiger partial charge in [-0.1, -0.05) is 19.1 Å². The monoisotopic (exact) mass is 177 g/mol. The molecular weight excluding hydrogens is 166 g/mol. The Hall–Kier alpha value is -1.35. The summed E-state index contributed by atoms with van der Waals surface area (Å²) < 4.78 is 0. The third kappa shape index (κ3) is 1.21. The third-order valence-electron chi connectivity index (χ3n) is 2.33. The highest BCUT2D eigenvalue weighted by molar-refractivity contribution is 5.99. The van der Waals surface area contributed by atoms with E-state index in [1.807, 2.05) is 19.1 Å². The molecule has 2 N–H and O–H groups in total. The summed E-state index contributed by atoms with van der Waals surface area (Å²) in [5.74, 6) is -0.183. The minimum atomic E-state index is -0.826. The van der Waals surface area contributed by atoms with Crippen molar-refractivity contribution in [1.29, 1.82) is 0 Å². The van der Waals surface area contributed by atoms with Gasteiger partial charge in [-0.25, -0.2) is 0 Å². The molecule has 0 bridgehead atoms. The molecule has 0 saturated carbocycles. The molecule has 0 fully saturated rings. The lowest BCUT2D eigenvalue weighted by Gasteiger charge is -2.02. The number of aliphatic hydroxyl groups excluding tert-OH is 1. The van der Waals surface area contributed by atoms with E-state index in [4.69, 9.17) is 0 Å². The Morgan fingerprint density at radius 1 is 1.54 bits per heavy atom. The van der Waals surface area contributed by atoms with Crippen molar-refractivity contribution >= 4 is 5.91 Å². The number of carbonyl (C=O) groups is 1. The number of carbonyl (C=O) groups excluding carboxylic acids is 1. The van der Waals surface area contributed by atoms with Crippen LogP contribution in [0.1, 0.15) is 34.6 Å². The van der Waals surface area contributed by atoms with Crippen LogP contribution >= 0.6 is 0 Å². The van der Waals surface area contributed by atoms with E-state index in [0.29, 0.717) is 11.1 Å². The van der Waals surface area contributed by atoms with Crippen LogP contribution in [-0.2, 0) is 6.42 Å². The second-order valence-electron chi connectivity index (χ2n) is 3.15. The summed E-state index contributed by atoms with van der Waals surface area (Å²) in [6.07, 6.45) is 0.0739. The number of rotatable bonds is 1. The molecule has 1 aromatic carbocycles. The molecule has 13 heavy (non-hydrogen) atoms. The molecule has 1 atom stereocenters. The highest BCUT2D eigenvalue weighted by Crippen LogP contribution is 2.24. The first-order valence-electron chi connectivity index (χ1n) is 4.34. The Morgan fingerprint density at radius 3 is 3.00 bits per heavy atom. The van der Waals surface area contributed by atoms with Gasteiger partial charge < -0.3 is 10.4 Å². The van der Waals surface area contributed by atoms with Crippen molar-refractivity contribution in [3.05, 3.63) is 34.9 Å². The molecule has 2 rings (SSSR count). The maximum Gasteiger partial charge on any atom is 0.253 e. The van der Waals surface area contributed by atoms with Gasteiger partial charge in [0.2, 0.25) is 0 Å². The van der Waals surface area contributed by atoms with Gasteiger partial charge in [0.25, 0.3) is 5.91 Å². The van der Waals surface area contributed by atoms with E-state index in [0.717, 1.165) is 12.0 Å². The normalized spacial score (nSPS) is 19.8. The van der Waals surface area contributed by atoms with Gasteiger partial charge in [0, 0.05) is 11.1 Å². The molecule has 0 aliphatic carbocycles. The van der Waals surface area contributed by atoms with E-state index < -0.39 is 6.23 Å². The zero-order chi connectivity index (χ0) is 9.42. The van der Waals surface area contributed by atoms with Crippen LogP contribution < -0.4 is 5.32 Å². The summed E-state index contributed by atoms with van der Waals surface area (Å²) in [6.45, 7) is 2.03. The first-order valence-corrected chi connectivity index (χ1v) is 4.34. The van der Waals surface area contributed by atoms with Crippen LogP contribution in [0.25, 0.3) is 0 Å². The maximum atomic E-state index is 11.3. The molecule has 1 unspecified atom stereocenters. The van der Waals surface area contributed by atoms with Crippen molar-refractivity contribution in [3.8, 4) is 0 Å². The largest absolute Gasteiger partial charge is 0.369 e. The van der Waals surface area contributed by atoms with E-state index in [1.165, 1.54) is 0 Å². The Kier molecular flexibility index (Phi) is 1.81. The zero-order valence-corrected chi connectivity index (χ0v) is 7.37. The lowest BCUT2D eigenvalue weighted by Crippen LogP contribution is -2.18. The number of hydrogen-bond donors (Lipinski definition) is 2. The van der Waals surface area contributed by atoms with Crippen molar-refractivity contribution in [2.75, 3.05) is 0 Å². The van der Waals surface area contributed by atoms with Gasteiger partial charge in [0.1, 0.15) is 0 Å². The zero-order valence-electron chi connectivity index (χ0n) is 7.37. The predicted octanol–water partition coefficient (Wildman–Crippen LogP) is 0.983. The highest BCUT2D eigenvalue weighted by Gasteiger charge is 2.26. The van der Waals surface area contributed by atoms with Crippen molar-refractivity contribution in [1.82, 2.24) is 5.32 Å². The highest BCUT2D eigenvalue weighted by atomic mass is 16.3. The molecule has 0 aromatic heterocycles. The van der Waals surface area contributed by atoms with Crippen molar-refractivity contribution in [2.24, 2.45) is 0 Å². The number of aliphatic hydroxyl groups is 1. The van der Waals surface area contributed by atoms with Gasteiger partial charge in [0.15, 0.2) is 6.23 Å². The number of amides is 1. The number of hydrogen-bond acceptors (Lipinski definition) is 2. The first-order chi connectivity index (χ1) is 6.22. The number of fused-ring (bicyclic) bond motifs is 1. The minimum absolute atomic E-state index is 0.183. The minimum Gasteiger partial charge on any atom is -0.369 e. The maximum absolute atomic E-state index is 11.3. The molecule has 3 heteroatoms. The predicted molar refractivity (Wildman–Crippen MR) is 48.2 cm³/mol. The fourth-order valence-electron chi connectivity index (χ4n) is 1.54. The number of nitrogens with one attached hydrogen (secondary N) is 1. The Balaban J connectivity index is 2.52. The molecular formula is C10H11NO2. The SMILES string of the molecule is CCc1ccc2c(c1)C(=O)NC2O. The van der Waals surface area contributed by atoms with E-state index in [9.17, 15) is 9.90 Å². The van der Waals surface area contributed by atoms with Crippen LogP contribution in [0.3, 0.4) is 0 Å². The quantitative estimate of drug-likeness (QED) is 0.671. The smallest absolute Gasteiger partial charge is 0.253 e. The molecule has 1 heterocycles. The van der Waals surface area contributed by atoms with Crippen molar-refractivity contribution < 1.29 is 9.90 Å². The fourth-order valence-corrected chi connectivity index (χ4v) is 1.54. The second-order valence-corrected chi connectivity index (χ2v) is 3.15. The van der Waals surface area contributed by atoms with Crippen LogP contribution in [0.5, 0.6) is 0 Å².